The van der Waals surface area contributed by atoms with Crippen LogP contribution in [0, 0.1) is 0 Å². The Hall–Kier alpha value is -3.74. The molecule has 0 aliphatic rings. The molecule has 7 nitrogen and oxygen atoms in total. The smallest absolute Gasteiger partial charge is 0.252 e. The Labute approximate surface area is 181 Å². The number of carbonyl (C=O) groups excluding carboxylic acids is 2. The molecule has 0 atom stereocenters. The van der Waals surface area contributed by atoms with E-state index in [9.17, 15) is 14.7 Å². The largest absolute Gasteiger partial charge is 0.505 e. The van der Waals surface area contributed by atoms with Gasteiger partial charge in [0, 0.05) is 25.4 Å². The van der Waals surface area contributed by atoms with E-state index in [1.165, 1.54) is 11.6 Å². The molecule has 1 aromatic heterocycles. The molecular formula is C24H26N4O3. The number of ketones is 1. The lowest BCUT2D eigenvalue weighted by atomic mass is 10.0. The number of amides is 1. The number of nitrogens with zero attached hydrogens (tertiary/aromatic N) is 3. The van der Waals surface area contributed by atoms with Crippen molar-refractivity contribution in [3.8, 4) is 5.75 Å². The van der Waals surface area contributed by atoms with Gasteiger partial charge in [-0.15, -0.1) is 0 Å². The summed E-state index contributed by atoms with van der Waals surface area (Å²) in [7, 11) is 1.77. The van der Waals surface area contributed by atoms with Crippen molar-refractivity contribution in [2.45, 2.75) is 32.6 Å². The molecule has 0 radical (unpaired) electrons. The van der Waals surface area contributed by atoms with Crippen LogP contribution < -0.4 is 5.73 Å². The summed E-state index contributed by atoms with van der Waals surface area (Å²) in [5.74, 6) is -0.795. The summed E-state index contributed by atoms with van der Waals surface area (Å²) in [6.07, 6.45) is 4.77. The van der Waals surface area contributed by atoms with Gasteiger partial charge >= 0.3 is 0 Å². The van der Waals surface area contributed by atoms with Crippen LogP contribution in [0.25, 0.3) is 0 Å². The second kappa shape index (κ2) is 9.84. The van der Waals surface area contributed by atoms with Gasteiger partial charge in [0.2, 0.25) is 0 Å². The Bertz CT molecular complexity index is 1110. The summed E-state index contributed by atoms with van der Waals surface area (Å²) in [5.41, 5.74) is 9.08. The van der Waals surface area contributed by atoms with Gasteiger partial charge in [0.05, 0.1) is 5.56 Å². The fraction of sp³-hybridized carbons (Fsp3) is 0.250. The van der Waals surface area contributed by atoms with Gasteiger partial charge in [-0.05, 0) is 55.5 Å². The number of nitrogens with two attached hydrogens (primary N) is 1. The van der Waals surface area contributed by atoms with Crippen LogP contribution in [0.3, 0.4) is 0 Å². The first kappa shape index (κ1) is 22.0. The van der Waals surface area contributed by atoms with E-state index >= 15 is 0 Å². The molecule has 0 bridgehead atoms. The minimum atomic E-state index is -0.696. The Balaban J connectivity index is 1.57. The van der Waals surface area contributed by atoms with Crippen LogP contribution in [0.4, 0.5) is 5.69 Å². The van der Waals surface area contributed by atoms with Crippen molar-refractivity contribution in [2.75, 3.05) is 0 Å². The predicted molar refractivity (Wildman–Crippen MR) is 120 cm³/mol. The number of para-hydroxylation sites is 1. The summed E-state index contributed by atoms with van der Waals surface area (Å²) < 4.78 is 1.61. The molecule has 0 aliphatic carbocycles. The van der Waals surface area contributed by atoms with E-state index in [1.54, 1.807) is 36.1 Å². The Kier molecular flexibility index (Phi) is 6.97. The molecule has 2 aromatic carbocycles. The number of hydrogen-bond acceptors (Lipinski definition) is 5. The lowest BCUT2D eigenvalue weighted by Crippen LogP contribution is -2.10. The van der Waals surface area contributed by atoms with Crippen LogP contribution in [0.5, 0.6) is 5.75 Å². The van der Waals surface area contributed by atoms with Gasteiger partial charge in [0.15, 0.2) is 11.5 Å². The summed E-state index contributed by atoms with van der Waals surface area (Å²) in [6, 6.07) is 14.5. The van der Waals surface area contributed by atoms with Gasteiger partial charge < -0.3 is 10.8 Å². The molecule has 31 heavy (non-hydrogen) atoms. The first-order chi connectivity index (χ1) is 14.9. The number of hydrogen-bond donors (Lipinski definition) is 2. The number of aliphatic imine (C=N–C) groups is 1. The van der Waals surface area contributed by atoms with Crippen LogP contribution in [0.2, 0.25) is 0 Å². The van der Waals surface area contributed by atoms with Gasteiger partial charge in [-0.1, -0.05) is 30.3 Å². The van der Waals surface area contributed by atoms with Crippen molar-refractivity contribution < 1.29 is 14.7 Å². The summed E-state index contributed by atoms with van der Waals surface area (Å²) >= 11 is 0. The van der Waals surface area contributed by atoms with Gasteiger partial charge in [-0.25, -0.2) is 4.99 Å². The van der Waals surface area contributed by atoms with Crippen molar-refractivity contribution >= 4 is 23.1 Å². The van der Waals surface area contributed by atoms with Crippen LogP contribution in [0.15, 0.2) is 59.7 Å². The molecule has 0 unspecified atom stereocenters. The standard InChI is InChI=1S/C24H26N4O3/c1-16(27-20-8-5-7-19(23(20)30)24(25)31)18-12-10-17(11-13-18)6-3-4-9-22(29)21-14-15-26-28(21)2/h5,7-8,10-15,30H,3-4,6,9H2,1-2H3,(H2,25,31)/b27-16+. The molecule has 1 heterocycles. The molecule has 3 rings (SSSR count). The minimum absolute atomic E-state index is 0.0475. The monoisotopic (exact) mass is 418 g/mol. The lowest BCUT2D eigenvalue weighted by molar-refractivity contribution is 0.0968. The molecule has 0 fully saturated rings. The van der Waals surface area contributed by atoms with Gasteiger partial charge in [-0.2, -0.15) is 5.10 Å². The molecule has 0 saturated carbocycles. The molecule has 160 valence electrons. The van der Waals surface area contributed by atoms with Crippen LogP contribution in [0.1, 0.15) is 58.2 Å². The fourth-order valence-electron chi connectivity index (χ4n) is 3.37. The van der Waals surface area contributed by atoms with E-state index in [0.29, 0.717) is 23.5 Å². The minimum Gasteiger partial charge on any atom is -0.505 e. The number of unbranched alkanes of at least 4 members (excludes halogenated alkanes) is 1. The van der Waals surface area contributed by atoms with Gasteiger partial charge in [0.25, 0.3) is 5.91 Å². The SMILES string of the molecule is C/C(=N\c1cccc(C(N)=O)c1O)c1ccc(CCCCC(=O)c2ccnn2C)cc1. The molecule has 7 heteroatoms. The van der Waals surface area contributed by atoms with Crippen LogP contribution >= 0.6 is 0 Å². The Morgan fingerprint density at radius 2 is 1.84 bits per heavy atom. The number of rotatable bonds is 9. The van der Waals surface area contributed by atoms with Crippen molar-refractivity contribution in [3.05, 3.63) is 77.1 Å². The normalized spacial score (nSPS) is 11.5. The molecule has 3 aromatic rings. The first-order valence-electron chi connectivity index (χ1n) is 10.1. The second-order valence-electron chi connectivity index (χ2n) is 7.40. The molecular weight excluding hydrogens is 392 g/mol. The lowest BCUT2D eigenvalue weighted by Gasteiger charge is -2.07. The maximum Gasteiger partial charge on any atom is 0.252 e. The summed E-state index contributed by atoms with van der Waals surface area (Å²) in [5, 5.41) is 14.2. The first-order valence-corrected chi connectivity index (χ1v) is 10.1. The van der Waals surface area contributed by atoms with E-state index in [0.717, 1.165) is 24.8 Å². The number of aromatic hydroxyl groups is 1. The zero-order valence-electron chi connectivity index (χ0n) is 17.7. The predicted octanol–water partition coefficient (Wildman–Crippen LogP) is 3.96. The number of benzene rings is 2. The van der Waals surface area contributed by atoms with E-state index in [-0.39, 0.29) is 17.1 Å². The quantitative estimate of drug-likeness (QED) is 0.311. The van der Waals surface area contributed by atoms with E-state index < -0.39 is 5.91 Å². The van der Waals surface area contributed by atoms with E-state index in [1.807, 2.05) is 31.2 Å². The van der Waals surface area contributed by atoms with Crippen LogP contribution in [-0.2, 0) is 13.5 Å². The van der Waals surface area contributed by atoms with Gasteiger partial charge in [0.1, 0.15) is 11.4 Å². The highest BCUT2D eigenvalue weighted by molar-refractivity contribution is 6.02. The molecule has 0 aliphatic heterocycles. The zero-order valence-corrected chi connectivity index (χ0v) is 17.7. The van der Waals surface area contributed by atoms with Gasteiger partial charge in [-0.3, -0.25) is 14.3 Å². The molecule has 3 N–H and O–H groups in total. The highest BCUT2D eigenvalue weighted by Gasteiger charge is 2.12. The van der Waals surface area contributed by atoms with Crippen LogP contribution in [-0.4, -0.2) is 32.3 Å². The fourth-order valence-corrected chi connectivity index (χ4v) is 3.37. The third-order valence-corrected chi connectivity index (χ3v) is 5.17. The van der Waals surface area contributed by atoms with Crippen molar-refractivity contribution in [2.24, 2.45) is 17.8 Å². The van der Waals surface area contributed by atoms with E-state index in [2.05, 4.69) is 10.1 Å². The average molecular weight is 418 g/mol. The highest BCUT2D eigenvalue weighted by atomic mass is 16.3. The maximum absolute atomic E-state index is 12.2. The topological polar surface area (TPSA) is 111 Å². The molecule has 1 amide bonds. The summed E-state index contributed by atoms with van der Waals surface area (Å²) in [6.45, 7) is 1.84. The number of primary amides is 1. The summed E-state index contributed by atoms with van der Waals surface area (Å²) in [4.78, 5) is 28.0. The number of phenols is 1. The highest BCUT2D eigenvalue weighted by Crippen LogP contribution is 2.30. The van der Waals surface area contributed by atoms with Crippen molar-refractivity contribution in [1.82, 2.24) is 9.78 Å². The molecule has 0 spiro atoms. The third-order valence-electron chi connectivity index (χ3n) is 5.17. The number of aromatic nitrogens is 2. The van der Waals surface area contributed by atoms with Crippen molar-refractivity contribution in [3.63, 3.8) is 0 Å². The van der Waals surface area contributed by atoms with Crippen molar-refractivity contribution in [1.29, 1.82) is 0 Å². The second-order valence-corrected chi connectivity index (χ2v) is 7.40. The zero-order chi connectivity index (χ0) is 22.4. The Morgan fingerprint density at radius 1 is 1.10 bits per heavy atom. The molecule has 0 saturated heterocycles. The number of carbonyl (C=O) groups is 2. The Morgan fingerprint density at radius 3 is 2.48 bits per heavy atom. The third kappa shape index (κ3) is 5.45. The number of Topliss-reactive ketones (excluding diaryl/α,β-unsaturated/α-hetero) is 1. The number of aryl methyl sites for hydroxylation is 2. The van der Waals surface area contributed by atoms with E-state index in [4.69, 9.17) is 5.73 Å². The maximum atomic E-state index is 12.2. The average Bonchev–Trinajstić information content (AvgIpc) is 3.18.